The summed E-state index contributed by atoms with van der Waals surface area (Å²) >= 11 is 0. The zero-order valence-electron chi connectivity index (χ0n) is 17.0. The molecule has 3 nitrogen and oxygen atoms in total. The van der Waals surface area contributed by atoms with Crippen molar-refractivity contribution in [2.75, 3.05) is 12.3 Å². The van der Waals surface area contributed by atoms with E-state index in [-0.39, 0.29) is 0 Å². The molecule has 1 aliphatic carbocycles. The Morgan fingerprint density at radius 3 is 2.14 bits per heavy atom. The quantitative estimate of drug-likeness (QED) is 0.595. The van der Waals surface area contributed by atoms with E-state index in [1.54, 1.807) is 0 Å². The summed E-state index contributed by atoms with van der Waals surface area (Å²) < 4.78 is 0. The number of nitrogens with two attached hydrogens (primary N) is 2. The van der Waals surface area contributed by atoms with E-state index in [0.717, 1.165) is 24.2 Å². The second kappa shape index (κ2) is 9.23. The maximum Gasteiger partial charge on any atom is 0.124 e. The van der Waals surface area contributed by atoms with Crippen LogP contribution >= 0.6 is 0 Å². The molecule has 29 heavy (non-hydrogen) atoms. The number of nitrogen functional groups attached to an aromatic ring is 1. The summed E-state index contributed by atoms with van der Waals surface area (Å²) in [5.41, 5.74) is 17.0. The zero-order chi connectivity index (χ0) is 20.1. The van der Waals surface area contributed by atoms with Crippen molar-refractivity contribution in [2.45, 2.75) is 38.0 Å². The smallest absolute Gasteiger partial charge is 0.124 e. The highest BCUT2D eigenvalue weighted by Gasteiger charge is 2.29. The first-order valence-electron chi connectivity index (χ1n) is 10.8. The van der Waals surface area contributed by atoms with E-state index in [4.69, 9.17) is 16.5 Å². The Balaban J connectivity index is 1.68. The van der Waals surface area contributed by atoms with Crippen LogP contribution in [0.5, 0.6) is 0 Å². The number of rotatable bonds is 6. The molecule has 1 atom stereocenters. The molecule has 1 fully saturated rings. The molecule has 1 heterocycles. The van der Waals surface area contributed by atoms with E-state index in [0.29, 0.717) is 23.6 Å². The molecule has 2 aromatic carbocycles. The lowest BCUT2D eigenvalue weighted by Crippen LogP contribution is -2.26. The number of anilines is 1. The van der Waals surface area contributed by atoms with Crippen LogP contribution in [0.3, 0.4) is 0 Å². The van der Waals surface area contributed by atoms with Crippen LogP contribution in [0, 0.1) is 11.8 Å². The summed E-state index contributed by atoms with van der Waals surface area (Å²) in [6.45, 7) is 0.810. The normalized spacial score (nSPS) is 20.3. The molecule has 4 rings (SSSR count). The fourth-order valence-corrected chi connectivity index (χ4v) is 4.77. The lowest BCUT2D eigenvalue weighted by molar-refractivity contribution is 0.243. The van der Waals surface area contributed by atoms with Crippen LogP contribution < -0.4 is 11.5 Å². The predicted molar refractivity (Wildman–Crippen MR) is 121 cm³/mol. The molecule has 3 aromatic rings. The van der Waals surface area contributed by atoms with E-state index in [1.165, 1.54) is 36.8 Å². The summed E-state index contributed by atoms with van der Waals surface area (Å²) in [5, 5.41) is 0. The highest BCUT2D eigenvalue weighted by atomic mass is 14.8. The molecule has 3 heteroatoms. The fourth-order valence-electron chi connectivity index (χ4n) is 4.77. The minimum atomic E-state index is 0.377. The summed E-state index contributed by atoms with van der Waals surface area (Å²) in [6, 6.07) is 25.5. The highest BCUT2D eigenvalue weighted by Crippen LogP contribution is 2.40. The van der Waals surface area contributed by atoms with E-state index in [9.17, 15) is 0 Å². The Hall–Kier alpha value is -2.65. The van der Waals surface area contributed by atoms with Crippen molar-refractivity contribution in [1.29, 1.82) is 0 Å². The Morgan fingerprint density at radius 1 is 0.828 bits per heavy atom. The van der Waals surface area contributed by atoms with Gasteiger partial charge in [-0.1, -0.05) is 60.7 Å². The van der Waals surface area contributed by atoms with Crippen molar-refractivity contribution >= 4 is 5.82 Å². The molecular formula is C26H31N3. The lowest BCUT2D eigenvalue weighted by atomic mass is 9.72. The van der Waals surface area contributed by atoms with Gasteiger partial charge in [-0.3, -0.25) is 0 Å². The second-order valence-corrected chi connectivity index (χ2v) is 8.38. The van der Waals surface area contributed by atoms with Gasteiger partial charge >= 0.3 is 0 Å². The minimum Gasteiger partial charge on any atom is -0.384 e. The van der Waals surface area contributed by atoms with Gasteiger partial charge in [-0.2, -0.15) is 0 Å². The molecule has 1 aromatic heterocycles. The summed E-state index contributed by atoms with van der Waals surface area (Å²) in [5.74, 6) is 2.28. The average Bonchev–Trinajstić information content (AvgIpc) is 2.78. The Bertz CT molecular complexity index is 900. The molecule has 4 N–H and O–H groups in total. The first-order valence-corrected chi connectivity index (χ1v) is 10.8. The Labute approximate surface area is 174 Å². The molecule has 1 saturated carbocycles. The highest BCUT2D eigenvalue weighted by molar-refractivity contribution is 5.66. The average molecular weight is 386 g/mol. The monoisotopic (exact) mass is 385 g/mol. The number of benzene rings is 2. The first kappa shape index (κ1) is 19.7. The topological polar surface area (TPSA) is 64.9 Å². The molecule has 0 amide bonds. The van der Waals surface area contributed by atoms with Crippen LogP contribution in [-0.4, -0.2) is 11.5 Å². The van der Waals surface area contributed by atoms with E-state index < -0.39 is 0 Å². The van der Waals surface area contributed by atoms with Gasteiger partial charge in [0.25, 0.3) is 0 Å². The third-order valence-electron chi connectivity index (χ3n) is 6.44. The van der Waals surface area contributed by atoms with Gasteiger partial charge < -0.3 is 11.5 Å². The molecule has 0 aliphatic heterocycles. The standard InChI is InChI=1S/C26H31N3/c27-18-20-11-13-22(14-12-20)24(15-19-7-3-1-4-8-19)25-16-23(17-26(28)29-25)21-9-5-2-6-10-21/h1-10,16-17,20,22,24H,11-15,18,27H2,(H2,28,29). The van der Waals surface area contributed by atoms with E-state index in [2.05, 4.69) is 60.7 Å². The molecule has 0 radical (unpaired) electrons. The van der Waals surface area contributed by atoms with E-state index >= 15 is 0 Å². The van der Waals surface area contributed by atoms with Gasteiger partial charge in [-0.15, -0.1) is 0 Å². The maximum atomic E-state index is 6.27. The van der Waals surface area contributed by atoms with E-state index in [1.807, 2.05) is 12.1 Å². The van der Waals surface area contributed by atoms with Gasteiger partial charge in [0, 0.05) is 11.6 Å². The van der Waals surface area contributed by atoms with Gasteiger partial charge in [-0.25, -0.2) is 4.98 Å². The van der Waals surface area contributed by atoms with Gasteiger partial charge in [0.1, 0.15) is 5.82 Å². The second-order valence-electron chi connectivity index (χ2n) is 8.38. The fraction of sp³-hybridized carbons (Fsp3) is 0.346. The van der Waals surface area contributed by atoms with Gasteiger partial charge in [-0.05, 0) is 79.3 Å². The van der Waals surface area contributed by atoms with Crippen LogP contribution in [0.15, 0.2) is 72.8 Å². The third-order valence-corrected chi connectivity index (χ3v) is 6.44. The number of nitrogens with zero attached hydrogens (tertiary/aromatic N) is 1. The van der Waals surface area contributed by atoms with Gasteiger partial charge in [0.05, 0.1) is 0 Å². The van der Waals surface area contributed by atoms with Gasteiger partial charge in [0.15, 0.2) is 0 Å². The Kier molecular flexibility index (Phi) is 6.26. The summed E-state index contributed by atoms with van der Waals surface area (Å²) in [4.78, 5) is 4.82. The maximum absolute atomic E-state index is 6.27. The molecule has 150 valence electrons. The number of pyridine rings is 1. The predicted octanol–water partition coefficient (Wildman–Crippen LogP) is 5.42. The molecule has 0 spiro atoms. The van der Waals surface area contributed by atoms with Crippen molar-refractivity contribution in [2.24, 2.45) is 17.6 Å². The Morgan fingerprint density at radius 2 is 1.48 bits per heavy atom. The molecule has 1 unspecified atom stereocenters. The van der Waals surface area contributed by atoms with Crippen molar-refractivity contribution in [3.05, 3.63) is 84.1 Å². The van der Waals surface area contributed by atoms with Crippen LogP contribution in [-0.2, 0) is 6.42 Å². The van der Waals surface area contributed by atoms with Crippen molar-refractivity contribution in [3.8, 4) is 11.1 Å². The third kappa shape index (κ3) is 4.86. The number of aromatic nitrogens is 1. The molecule has 0 bridgehead atoms. The molecule has 0 saturated heterocycles. The van der Waals surface area contributed by atoms with Crippen molar-refractivity contribution in [1.82, 2.24) is 4.98 Å². The van der Waals surface area contributed by atoms with Crippen LogP contribution in [0.4, 0.5) is 5.82 Å². The summed E-state index contributed by atoms with van der Waals surface area (Å²) in [7, 11) is 0. The zero-order valence-corrected chi connectivity index (χ0v) is 17.0. The lowest BCUT2D eigenvalue weighted by Gasteiger charge is -2.33. The van der Waals surface area contributed by atoms with Gasteiger partial charge in [0.2, 0.25) is 0 Å². The largest absolute Gasteiger partial charge is 0.384 e. The minimum absolute atomic E-state index is 0.377. The van der Waals surface area contributed by atoms with Crippen LogP contribution in [0.25, 0.3) is 11.1 Å². The van der Waals surface area contributed by atoms with Crippen LogP contribution in [0.1, 0.15) is 42.9 Å². The van der Waals surface area contributed by atoms with Crippen molar-refractivity contribution in [3.63, 3.8) is 0 Å². The SMILES string of the molecule is NCC1CCC(C(Cc2ccccc2)c2cc(-c3ccccc3)cc(N)n2)CC1. The number of hydrogen-bond donors (Lipinski definition) is 2. The molecular weight excluding hydrogens is 354 g/mol. The molecule has 1 aliphatic rings. The first-order chi connectivity index (χ1) is 14.2. The van der Waals surface area contributed by atoms with Crippen LogP contribution in [0.2, 0.25) is 0 Å². The van der Waals surface area contributed by atoms with Crippen molar-refractivity contribution < 1.29 is 0 Å². The summed E-state index contributed by atoms with van der Waals surface area (Å²) in [6.07, 6.45) is 5.89. The number of hydrogen-bond acceptors (Lipinski definition) is 3.